The summed E-state index contributed by atoms with van der Waals surface area (Å²) in [6, 6.07) is 7.09. The number of benzene rings is 1. The molecule has 0 aromatic heterocycles. The highest BCUT2D eigenvalue weighted by Gasteiger charge is 1.95. The molecule has 0 heterocycles. The molecular weight excluding hydrogens is 252 g/mol. The van der Waals surface area contributed by atoms with Crippen molar-refractivity contribution in [3.63, 3.8) is 0 Å². The van der Waals surface area contributed by atoms with Crippen LogP contribution >= 0.6 is 12.2 Å². The molecule has 0 radical (unpaired) electrons. The van der Waals surface area contributed by atoms with Crippen molar-refractivity contribution in [1.82, 2.24) is 0 Å². The van der Waals surface area contributed by atoms with Gasteiger partial charge in [-0.3, -0.25) is 0 Å². The highest BCUT2D eigenvalue weighted by Crippen LogP contribution is 2.17. The number of phenolic OH excluding ortho intramolecular Hbond substituents is 1. The summed E-state index contributed by atoms with van der Waals surface area (Å²) in [7, 11) is 0. The average Bonchev–Trinajstić information content (AvgIpc) is 2.45. The fourth-order valence-electron chi connectivity index (χ4n) is 1.11. The van der Waals surface area contributed by atoms with E-state index in [4.69, 9.17) is 17.3 Å². The monoisotopic (exact) mass is 282 g/mol. The Morgan fingerprint density at radius 1 is 0.895 bits per heavy atom. The number of phenols is 1. The molecule has 1 rings (SSSR count). The molecule has 0 aliphatic carbocycles. The van der Waals surface area contributed by atoms with Gasteiger partial charge in [0.25, 0.3) is 0 Å². The summed E-state index contributed by atoms with van der Waals surface area (Å²) in [6.07, 6.45) is 1.95. The summed E-state index contributed by atoms with van der Waals surface area (Å²) in [6.45, 7) is 15.9. The first-order valence-corrected chi connectivity index (χ1v) is 7.48. The van der Waals surface area contributed by atoms with Crippen LogP contribution in [0.2, 0.25) is 0 Å². The van der Waals surface area contributed by atoms with Crippen LogP contribution in [0.25, 0.3) is 5.57 Å². The maximum Gasteiger partial charge on any atom is 0.115 e. The van der Waals surface area contributed by atoms with Gasteiger partial charge in [-0.25, -0.2) is 0 Å². The van der Waals surface area contributed by atoms with E-state index >= 15 is 0 Å². The van der Waals surface area contributed by atoms with E-state index < -0.39 is 0 Å². The number of aromatic hydroxyl groups is 1. The van der Waals surface area contributed by atoms with Gasteiger partial charge >= 0.3 is 0 Å². The van der Waals surface area contributed by atoms with Crippen LogP contribution in [-0.4, -0.2) is 9.97 Å². The van der Waals surface area contributed by atoms with Gasteiger partial charge in [0, 0.05) is 4.86 Å². The molecule has 0 fully saturated rings. The third kappa shape index (κ3) is 13.1. The van der Waals surface area contributed by atoms with E-state index in [-0.39, 0.29) is 5.75 Å². The van der Waals surface area contributed by atoms with Crippen LogP contribution in [0.3, 0.4) is 0 Å². The minimum Gasteiger partial charge on any atom is -0.508 e. The Kier molecular flexibility index (Phi) is 20.4. The Morgan fingerprint density at radius 3 is 1.58 bits per heavy atom. The lowest BCUT2D eigenvalue weighted by atomic mass is 10.1. The van der Waals surface area contributed by atoms with Crippen molar-refractivity contribution < 1.29 is 5.11 Å². The highest BCUT2D eigenvalue weighted by molar-refractivity contribution is 7.80. The molecule has 1 N–H and O–H groups in total. The summed E-state index contributed by atoms with van der Waals surface area (Å²) in [5, 5.41) is 9.08. The van der Waals surface area contributed by atoms with Crippen molar-refractivity contribution in [2.24, 2.45) is 0 Å². The van der Waals surface area contributed by atoms with Gasteiger partial charge in [-0.05, 0) is 43.2 Å². The zero-order chi connectivity index (χ0) is 15.8. The lowest BCUT2D eigenvalue weighted by Crippen LogP contribution is -1.83. The minimum absolute atomic E-state index is 0.288. The number of hydrogen-bond acceptors (Lipinski definition) is 2. The molecule has 1 nitrogen and oxygen atoms in total. The second-order valence-electron chi connectivity index (χ2n) is 2.98. The SMILES string of the molecule is CC.CC.CC.CC(=S)/C=C(\C)c1ccc(O)cc1. The van der Waals surface area contributed by atoms with Crippen LogP contribution in [0.5, 0.6) is 5.75 Å². The average molecular weight is 282 g/mol. The molecule has 2 heteroatoms. The van der Waals surface area contributed by atoms with Gasteiger partial charge in [0.15, 0.2) is 0 Å². The van der Waals surface area contributed by atoms with Crippen LogP contribution in [0.15, 0.2) is 30.3 Å². The summed E-state index contributed by atoms with van der Waals surface area (Å²) in [4.78, 5) is 0.866. The Morgan fingerprint density at radius 2 is 1.26 bits per heavy atom. The first-order valence-electron chi connectivity index (χ1n) is 7.08. The third-order valence-corrected chi connectivity index (χ3v) is 1.86. The molecule has 0 aliphatic rings. The zero-order valence-electron chi connectivity index (χ0n) is 13.7. The van der Waals surface area contributed by atoms with E-state index in [1.807, 2.05) is 73.6 Å². The van der Waals surface area contributed by atoms with Gasteiger partial charge in [-0.15, -0.1) is 0 Å². The highest BCUT2D eigenvalue weighted by atomic mass is 32.1. The van der Waals surface area contributed by atoms with E-state index in [1.54, 1.807) is 12.1 Å². The molecule has 0 aliphatic heterocycles. The third-order valence-electron chi connectivity index (χ3n) is 1.74. The van der Waals surface area contributed by atoms with Crippen molar-refractivity contribution >= 4 is 22.7 Å². The molecule has 110 valence electrons. The van der Waals surface area contributed by atoms with Gasteiger partial charge in [0.05, 0.1) is 0 Å². The molecule has 0 atom stereocenters. The molecule has 0 unspecified atom stereocenters. The molecule has 0 bridgehead atoms. The normalized spacial score (nSPS) is 8.74. The lowest BCUT2D eigenvalue weighted by molar-refractivity contribution is 0.475. The van der Waals surface area contributed by atoms with Crippen molar-refractivity contribution in [1.29, 1.82) is 0 Å². The molecule has 0 amide bonds. The van der Waals surface area contributed by atoms with Crippen molar-refractivity contribution in [2.75, 3.05) is 0 Å². The fourth-order valence-corrected chi connectivity index (χ4v) is 1.29. The van der Waals surface area contributed by atoms with Gasteiger partial charge < -0.3 is 5.11 Å². The topological polar surface area (TPSA) is 20.2 Å². The predicted molar refractivity (Wildman–Crippen MR) is 94.1 cm³/mol. The molecule has 19 heavy (non-hydrogen) atoms. The Balaban J connectivity index is -0.000000375. The van der Waals surface area contributed by atoms with Gasteiger partial charge in [-0.1, -0.05) is 65.9 Å². The number of rotatable bonds is 2. The molecule has 0 saturated carbocycles. The quantitative estimate of drug-likeness (QED) is 0.510. The largest absolute Gasteiger partial charge is 0.508 e. The van der Waals surface area contributed by atoms with Crippen LogP contribution in [-0.2, 0) is 0 Å². The molecular formula is C17H30OS. The van der Waals surface area contributed by atoms with Crippen molar-refractivity contribution in [3.05, 3.63) is 35.9 Å². The number of allylic oxidation sites excluding steroid dienone is 2. The summed E-state index contributed by atoms with van der Waals surface area (Å²) in [5.74, 6) is 0.288. The van der Waals surface area contributed by atoms with E-state index in [0.717, 1.165) is 16.0 Å². The predicted octanol–water partition coefficient (Wildman–Crippen LogP) is 6.26. The van der Waals surface area contributed by atoms with E-state index in [0.29, 0.717) is 0 Å². The zero-order valence-corrected chi connectivity index (χ0v) is 14.6. The summed E-state index contributed by atoms with van der Waals surface area (Å²) >= 11 is 4.97. The lowest BCUT2D eigenvalue weighted by Gasteiger charge is -2.00. The number of hydrogen-bond donors (Lipinski definition) is 1. The van der Waals surface area contributed by atoms with E-state index in [9.17, 15) is 0 Å². The van der Waals surface area contributed by atoms with E-state index in [1.165, 1.54) is 0 Å². The second kappa shape index (κ2) is 16.9. The Hall–Kier alpha value is -1.15. The van der Waals surface area contributed by atoms with Gasteiger partial charge in [0.2, 0.25) is 0 Å². The molecule has 1 aromatic rings. The van der Waals surface area contributed by atoms with Crippen LogP contribution < -0.4 is 0 Å². The second-order valence-corrected chi connectivity index (χ2v) is 3.63. The van der Waals surface area contributed by atoms with Crippen molar-refractivity contribution in [2.45, 2.75) is 55.4 Å². The smallest absolute Gasteiger partial charge is 0.115 e. The van der Waals surface area contributed by atoms with Crippen LogP contribution in [0, 0.1) is 0 Å². The van der Waals surface area contributed by atoms with Gasteiger partial charge in [-0.2, -0.15) is 0 Å². The molecule has 0 spiro atoms. The molecule has 0 saturated heterocycles. The molecule has 1 aromatic carbocycles. The number of thiocarbonyl (C=S) groups is 1. The van der Waals surface area contributed by atoms with Crippen LogP contribution in [0.1, 0.15) is 61.0 Å². The maximum absolute atomic E-state index is 9.08. The van der Waals surface area contributed by atoms with Crippen LogP contribution in [0.4, 0.5) is 0 Å². The van der Waals surface area contributed by atoms with E-state index in [2.05, 4.69) is 0 Å². The minimum atomic E-state index is 0.288. The Bertz CT molecular complexity index is 337. The fraction of sp³-hybridized carbons (Fsp3) is 0.471. The summed E-state index contributed by atoms with van der Waals surface area (Å²) < 4.78 is 0. The first-order chi connectivity index (χ1) is 9.09. The summed E-state index contributed by atoms with van der Waals surface area (Å²) in [5.41, 5.74) is 2.20. The van der Waals surface area contributed by atoms with Crippen molar-refractivity contribution in [3.8, 4) is 5.75 Å². The Labute approximate surface area is 125 Å². The van der Waals surface area contributed by atoms with Gasteiger partial charge in [0.1, 0.15) is 5.75 Å². The standard InChI is InChI=1S/C11H12OS.3C2H6/c1-8(7-9(2)13)10-3-5-11(12)6-4-10;3*1-2/h3-7,12H,1-2H3;3*1-2H3/b8-7+;;;. The first kappa shape index (κ1) is 23.0. The maximum atomic E-state index is 9.08.